The zero-order chi connectivity index (χ0) is 9.97. The fourth-order valence-electron chi connectivity index (χ4n) is 1.72. The fourth-order valence-corrected chi connectivity index (χ4v) is 1.72. The lowest BCUT2D eigenvalue weighted by Gasteiger charge is -2.22. The molecule has 0 amide bonds. The zero-order valence-electron chi connectivity index (χ0n) is 8.52. The standard InChI is InChI=1S/C10H17N3O/c1-8(11)9-5-12-13(6-9)10-3-2-4-14-7-10/h5-6,8,10H,2-4,7,11H2,1H3. The molecule has 1 aromatic rings. The van der Waals surface area contributed by atoms with Crippen LogP contribution in [0.2, 0.25) is 0 Å². The SMILES string of the molecule is CC(N)c1cnn(C2CCCOC2)c1. The molecule has 2 rings (SSSR count). The van der Waals surface area contributed by atoms with Crippen LogP contribution in [0.25, 0.3) is 0 Å². The monoisotopic (exact) mass is 195 g/mol. The molecule has 0 aliphatic carbocycles. The average molecular weight is 195 g/mol. The summed E-state index contributed by atoms with van der Waals surface area (Å²) in [6.07, 6.45) is 6.15. The van der Waals surface area contributed by atoms with Gasteiger partial charge in [-0.15, -0.1) is 0 Å². The molecule has 1 aliphatic heterocycles. The highest BCUT2D eigenvalue weighted by Crippen LogP contribution is 2.19. The fraction of sp³-hybridized carbons (Fsp3) is 0.700. The van der Waals surface area contributed by atoms with Crippen LogP contribution in [0.4, 0.5) is 0 Å². The van der Waals surface area contributed by atoms with Crippen molar-refractivity contribution in [2.24, 2.45) is 5.73 Å². The second-order valence-corrected chi connectivity index (χ2v) is 3.91. The Morgan fingerprint density at radius 2 is 2.57 bits per heavy atom. The van der Waals surface area contributed by atoms with E-state index in [1.807, 2.05) is 24.0 Å². The molecule has 2 unspecified atom stereocenters. The molecule has 1 aliphatic rings. The van der Waals surface area contributed by atoms with E-state index in [0.717, 1.165) is 31.6 Å². The molecule has 1 fully saturated rings. The summed E-state index contributed by atoms with van der Waals surface area (Å²) in [5, 5.41) is 4.32. The summed E-state index contributed by atoms with van der Waals surface area (Å²) >= 11 is 0. The van der Waals surface area contributed by atoms with Gasteiger partial charge in [-0.25, -0.2) is 0 Å². The van der Waals surface area contributed by atoms with Crippen LogP contribution in [-0.2, 0) is 4.74 Å². The van der Waals surface area contributed by atoms with Crippen molar-refractivity contribution < 1.29 is 4.74 Å². The van der Waals surface area contributed by atoms with Gasteiger partial charge in [0.2, 0.25) is 0 Å². The number of rotatable bonds is 2. The first-order valence-electron chi connectivity index (χ1n) is 5.15. The first-order valence-corrected chi connectivity index (χ1v) is 5.15. The number of ether oxygens (including phenoxy) is 1. The van der Waals surface area contributed by atoms with Crippen LogP contribution in [0.1, 0.15) is 37.4 Å². The van der Waals surface area contributed by atoms with Crippen molar-refractivity contribution in [1.82, 2.24) is 9.78 Å². The van der Waals surface area contributed by atoms with Crippen molar-refractivity contribution in [3.8, 4) is 0 Å². The molecule has 2 N–H and O–H groups in total. The first kappa shape index (κ1) is 9.68. The van der Waals surface area contributed by atoms with Crippen LogP contribution >= 0.6 is 0 Å². The molecule has 2 heterocycles. The van der Waals surface area contributed by atoms with Gasteiger partial charge >= 0.3 is 0 Å². The third kappa shape index (κ3) is 1.96. The minimum Gasteiger partial charge on any atom is -0.379 e. The summed E-state index contributed by atoms with van der Waals surface area (Å²) in [5.41, 5.74) is 6.87. The van der Waals surface area contributed by atoms with E-state index in [1.165, 1.54) is 0 Å². The van der Waals surface area contributed by atoms with Crippen LogP contribution in [0.5, 0.6) is 0 Å². The molecular weight excluding hydrogens is 178 g/mol. The van der Waals surface area contributed by atoms with Crippen LogP contribution in [0, 0.1) is 0 Å². The topological polar surface area (TPSA) is 53.1 Å². The van der Waals surface area contributed by atoms with Crippen molar-refractivity contribution in [2.75, 3.05) is 13.2 Å². The van der Waals surface area contributed by atoms with Gasteiger partial charge in [-0.05, 0) is 19.8 Å². The lowest BCUT2D eigenvalue weighted by molar-refractivity contribution is 0.0549. The third-order valence-corrected chi connectivity index (χ3v) is 2.66. The number of nitrogens with zero attached hydrogens (tertiary/aromatic N) is 2. The maximum absolute atomic E-state index is 5.77. The maximum Gasteiger partial charge on any atom is 0.0753 e. The van der Waals surface area contributed by atoms with Gasteiger partial charge in [-0.3, -0.25) is 4.68 Å². The second kappa shape index (κ2) is 4.11. The average Bonchev–Trinajstić information content (AvgIpc) is 2.68. The smallest absolute Gasteiger partial charge is 0.0753 e. The lowest BCUT2D eigenvalue weighted by atomic mass is 10.1. The van der Waals surface area contributed by atoms with Crippen LogP contribution < -0.4 is 5.73 Å². The first-order chi connectivity index (χ1) is 6.77. The van der Waals surface area contributed by atoms with Crippen molar-refractivity contribution in [1.29, 1.82) is 0 Å². The highest BCUT2D eigenvalue weighted by atomic mass is 16.5. The van der Waals surface area contributed by atoms with Gasteiger partial charge < -0.3 is 10.5 Å². The maximum atomic E-state index is 5.77. The molecule has 0 aromatic carbocycles. The summed E-state index contributed by atoms with van der Waals surface area (Å²) in [7, 11) is 0. The van der Waals surface area contributed by atoms with Crippen molar-refractivity contribution in [2.45, 2.75) is 31.8 Å². The quantitative estimate of drug-likeness (QED) is 0.772. The Bertz CT molecular complexity index is 289. The Balaban J connectivity index is 2.07. The Kier molecular flexibility index (Phi) is 2.84. The molecule has 0 radical (unpaired) electrons. The van der Waals surface area contributed by atoms with E-state index in [4.69, 9.17) is 10.5 Å². The molecule has 0 bridgehead atoms. The Morgan fingerprint density at radius 3 is 3.14 bits per heavy atom. The zero-order valence-corrected chi connectivity index (χ0v) is 8.52. The summed E-state index contributed by atoms with van der Waals surface area (Å²) < 4.78 is 7.40. The van der Waals surface area contributed by atoms with Gasteiger partial charge in [0.05, 0.1) is 18.8 Å². The summed E-state index contributed by atoms with van der Waals surface area (Å²) in [6, 6.07) is 0.463. The molecule has 4 heteroatoms. The van der Waals surface area contributed by atoms with E-state index in [2.05, 4.69) is 5.10 Å². The molecule has 1 aromatic heterocycles. The normalized spacial score (nSPS) is 24.9. The van der Waals surface area contributed by atoms with Crippen molar-refractivity contribution in [3.63, 3.8) is 0 Å². The second-order valence-electron chi connectivity index (χ2n) is 3.91. The number of nitrogens with two attached hydrogens (primary N) is 1. The van der Waals surface area contributed by atoms with Gasteiger partial charge in [-0.2, -0.15) is 5.10 Å². The molecule has 78 valence electrons. The molecule has 4 nitrogen and oxygen atoms in total. The van der Waals surface area contributed by atoms with Crippen LogP contribution in [0.15, 0.2) is 12.4 Å². The van der Waals surface area contributed by atoms with Crippen LogP contribution in [0.3, 0.4) is 0 Å². The highest BCUT2D eigenvalue weighted by Gasteiger charge is 2.16. The third-order valence-electron chi connectivity index (χ3n) is 2.66. The van der Waals surface area contributed by atoms with E-state index in [-0.39, 0.29) is 6.04 Å². The van der Waals surface area contributed by atoms with E-state index >= 15 is 0 Å². The molecule has 0 spiro atoms. The van der Waals surface area contributed by atoms with Crippen molar-refractivity contribution in [3.05, 3.63) is 18.0 Å². The van der Waals surface area contributed by atoms with Gasteiger partial charge in [-0.1, -0.05) is 0 Å². The summed E-state index contributed by atoms with van der Waals surface area (Å²) in [5.74, 6) is 0. The van der Waals surface area contributed by atoms with E-state index in [9.17, 15) is 0 Å². The number of hydrogen-bond donors (Lipinski definition) is 1. The summed E-state index contributed by atoms with van der Waals surface area (Å²) in [4.78, 5) is 0. The Labute approximate surface area is 84.0 Å². The Morgan fingerprint density at radius 1 is 1.71 bits per heavy atom. The minimum atomic E-state index is 0.0632. The Hall–Kier alpha value is -0.870. The van der Waals surface area contributed by atoms with Gasteiger partial charge in [0.25, 0.3) is 0 Å². The lowest BCUT2D eigenvalue weighted by Crippen LogP contribution is -2.21. The largest absolute Gasteiger partial charge is 0.379 e. The van der Waals surface area contributed by atoms with Crippen molar-refractivity contribution >= 4 is 0 Å². The predicted octanol–water partition coefficient (Wildman–Crippen LogP) is 1.25. The van der Waals surface area contributed by atoms with Crippen LogP contribution in [-0.4, -0.2) is 23.0 Å². The molecular formula is C10H17N3O. The molecule has 14 heavy (non-hydrogen) atoms. The molecule has 0 saturated carbocycles. The van der Waals surface area contributed by atoms with Gasteiger partial charge in [0, 0.05) is 24.4 Å². The van der Waals surface area contributed by atoms with Gasteiger partial charge in [0.15, 0.2) is 0 Å². The van der Waals surface area contributed by atoms with Gasteiger partial charge in [0.1, 0.15) is 0 Å². The summed E-state index contributed by atoms with van der Waals surface area (Å²) in [6.45, 7) is 3.64. The van der Waals surface area contributed by atoms with E-state index in [1.54, 1.807) is 0 Å². The number of aromatic nitrogens is 2. The minimum absolute atomic E-state index is 0.0632. The molecule has 2 atom stereocenters. The van der Waals surface area contributed by atoms with E-state index in [0.29, 0.717) is 6.04 Å². The van der Waals surface area contributed by atoms with E-state index < -0.39 is 0 Å². The highest BCUT2D eigenvalue weighted by molar-refractivity contribution is 5.08. The molecule has 1 saturated heterocycles. The number of hydrogen-bond acceptors (Lipinski definition) is 3. The predicted molar refractivity (Wildman–Crippen MR) is 53.9 cm³/mol.